The van der Waals surface area contributed by atoms with Gasteiger partial charge < -0.3 is 4.98 Å². The van der Waals surface area contributed by atoms with Gasteiger partial charge in [-0.05, 0) is 31.4 Å². The van der Waals surface area contributed by atoms with Crippen LogP contribution in [0.15, 0.2) is 60.7 Å². The predicted molar refractivity (Wildman–Crippen MR) is 122 cm³/mol. The molecule has 28 heavy (non-hydrogen) atoms. The number of aryl methyl sites for hydroxylation is 2. The minimum absolute atomic E-state index is 0.0153. The largest absolute Gasteiger partial charge is 0.362 e. The van der Waals surface area contributed by atoms with E-state index in [1.807, 2.05) is 13.8 Å². The molecule has 2 aromatic carbocycles. The number of rotatable bonds is 5. The van der Waals surface area contributed by atoms with Crippen molar-refractivity contribution in [2.75, 3.05) is 0 Å². The molecule has 1 heterocycles. The average molecular weight is 390 g/mol. The van der Waals surface area contributed by atoms with Crippen LogP contribution in [0.4, 0.5) is 0 Å². The molecular formula is C25H31NOSi. The van der Waals surface area contributed by atoms with Crippen molar-refractivity contribution < 1.29 is 4.79 Å². The Morgan fingerprint density at radius 1 is 0.821 bits per heavy atom. The molecule has 0 bridgehead atoms. The monoisotopic (exact) mass is 389 g/mol. The van der Waals surface area contributed by atoms with Crippen molar-refractivity contribution in [2.24, 2.45) is 0 Å². The molecule has 2 nitrogen and oxygen atoms in total. The molecule has 0 unspecified atom stereocenters. The Morgan fingerprint density at radius 3 is 1.64 bits per heavy atom. The van der Waals surface area contributed by atoms with Gasteiger partial charge in [-0.1, -0.05) is 91.8 Å². The van der Waals surface area contributed by atoms with Crippen LogP contribution in [0.3, 0.4) is 0 Å². The van der Waals surface area contributed by atoms with Crippen LogP contribution in [0, 0.1) is 20.8 Å². The van der Waals surface area contributed by atoms with E-state index in [-0.39, 0.29) is 10.8 Å². The molecule has 0 amide bonds. The van der Waals surface area contributed by atoms with Gasteiger partial charge in [0.05, 0.1) is 0 Å². The molecule has 0 spiro atoms. The summed E-state index contributed by atoms with van der Waals surface area (Å²) in [6.07, 6.45) is 0. The first-order valence-corrected chi connectivity index (χ1v) is 12.2. The molecule has 1 N–H and O–H groups in total. The maximum absolute atomic E-state index is 13.7. The lowest BCUT2D eigenvalue weighted by atomic mass is 10.1. The Bertz CT molecular complexity index is 926. The molecule has 3 aromatic rings. The third-order valence-electron chi connectivity index (χ3n) is 6.21. The number of Topliss-reactive ketones (excluding diaryl/α,β-unsaturated/α-hetero) is 1. The summed E-state index contributed by atoms with van der Waals surface area (Å²) >= 11 is 0. The van der Waals surface area contributed by atoms with Crippen molar-refractivity contribution in [2.45, 2.75) is 52.6 Å². The Balaban J connectivity index is 2.23. The minimum Gasteiger partial charge on any atom is -0.362 e. The number of carbonyl (C=O) groups is 1. The van der Waals surface area contributed by atoms with Crippen LogP contribution in [0.1, 0.15) is 48.1 Å². The molecule has 0 aliphatic carbocycles. The number of ketones is 1. The number of benzene rings is 2. The predicted octanol–water partition coefficient (Wildman–Crippen LogP) is 5.19. The van der Waals surface area contributed by atoms with Crippen LogP contribution in [0.2, 0.25) is 11.1 Å². The van der Waals surface area contributed by atoms with Crippen molar-refractivity contribution in [3.05, 3.63) is 83.2 Å². The second kappa shape index (κ2) is 7.55. The summed E-state index contributed by atoms with van der Waals surface area (Å²) in [6, 6.07) is 22.0. The van der Waals surface area contributed by atoms with Crippen LogP contribution in [0.25, 0.3) is 0 Å². The molecule has 0 saturated heterocycles. The fourth-order valence-electron chi connectivity index (χ4n) is 4.60. The summed E-state index contributed by atoms with van der Waals surface area (Å²) in [6.45, 7) is 13.0. The van der Waals surface area contributed by atoms with Crippen molar-refractivity contribution in [3.8, 4) is 0 Å². The Morgan fingerprint density at radius 2 is 1.29 bits per heavy atom. The third kappa shape index (κ3) is 3.40. The van der Waals surface area contributed by atoms with Gasteiger partial charge in [-0.15, -0.1) is 0 Å². The van der Waals surface area contributed by atoms with Crippen LogP contribution in [-0.4, -0.2) is 18.8 Å². The molecule has 0 aliphatic heterocycles. The highest BCUT2D eigenvalue weighted by Crippen LogP contribution is 2.39. The zero-order valence-electron chi connectivity index (χ0n) is 17.9. The maximum atomic E-state index is 13.7. The van der Waals surface area contributed by atoms with Crippen molar-refractivity contribution in [3.63, 3.8) is 0 Å². The van der Waals surface area contributed by atoms with E-state index in [2.05, 4.69) is 93.3 Å². The van der Waals surface area contributed by atoms with Crippen LogP contribution in [-0.2, 0) is 0 Å². The number of aromatic amines is 1. The molecule has 0 radical (unpaired) electrons. The SMILES string of the molecule is Cc1[nH]c(C)c(C(=O)C[Si](c2ccccc2)(c2ccccc2)C(C)(C)C)c1C. The molecule has 3 heteroatoms. The molecule has 0 atom stereocenters. The van der Waals surface area contributed by atoms with Gasteiger partial charge in [0.2, 0.25) is 0 Å². The zero-order valence-corrected chi connectivity index (χ0v) is 18.9. The molecule has 3 rings (SSSR count). The summed E-state index contributed by atoms with van der Waals surface area (Å²) in [7, 11) is -2.40. The highest BCUT2D eigenvalue weighted by atomic mass is 28.3. The van der Waals surface area contributed by atoms with Gasteiger partial charge in [-0.2, -0.15) is 0 Å². The van der Waals surface area contributed by atoms with Crippen LogP contribution >= 0.6 is 0 Å². The lowest BCUT2D eigenvalue weighted by Gasteiger charge is -2.44. The second-order valence-electron chi connectivity index (χ2n) is 8.86. The van der Waals surface area contributed by atoms with E-state index in [0.29, 0.717) is 6.04 Å². The summed E-state index contributed by atoms with van der Waals surface area (Å²) < 4.78 is 0. The number of nitrogens with one attached hydrogen (secondary N) is 1. The summed E-state index contributed by atoms with van der Waals surface area (Å²) in [5.41, 5.74) is 4.03. The lowest BCUT2D eigenvalue weighted by molar-refractivity contribution is 0.101. The van der Waals surface area contributed by atoms with E-state index >= 15 is 0 Å². The normalized spacial score (nSPS) is 12.2. The average Bonchev–Trinajstić information content (AvgIpc) is 2.92. The highest BCUT2D eigenvalue weighted by molar-refractivity contribution is 7.06. The topological polar surface area (TPSA) is 32.9 Å². The Labute approximate surface area is 170 Å². The fraction of sp³-hybridized carbons (Fsp3) is 0.320. The minimum atomic E-state index is -2.40. The fourth-order valence-corrected chi connectivity index (χ4v) is 9.79. The van der Waals surface area contributed by atoms with Crippen molar-refractivity contribution >= 4 is 24.2 Å². The van der Waals surface area contributed by atoms with Gasteiger partial charge in [0.15, 0.2) is 5.78 Å². The quantitative estimate of drug-likeness (QED) is 0.473. The van der Waals surface area contributed by atoms with Crippen molar-refractivity contribution in [1.82, 2.24) is 4.98 Å². The zero-order chi connectivity index (χ0) is 20.5. The van der Waals surface area contributed by atoms with E-state index in [4.69, 9.17) is 0 Å². The van der Waals surface area contributed by atoms with Gasteiger partial charge >= 0.3 is 0 Å². The van der Waals surface area contributed by atoms with Crippen molar-refractivity contribution in [1.29, 1.82) is 0 Å². The number of hydrogen-bond donors (Lipinski definition) is 1. The van der Waals surface area contributed by atoms with Gasteiger partial charge in [-0.25, -0.2) is 0 Å². The molecule has 0 fully saturated rings. The molecule has 1 aromatic heterocycles. The maximum Gasteiger partial charge on any atom is 0.163 e. The van der Waals surface area contributed by atoms with Gasteiger partial charge in [0, 0.05) is 23.0 Å². The summed E-state index contributed by atoms with van der Waals surface area (Å²) in [5, 5.41) is 2.63. The smallest absolute Gasteiger partial charge is 0.163 e. The van der Waals surface area contributed by atoms with E-state index < -0.39 is 8.07 Å². The van der Waals surface area contributed by atoms with Crippen LogP contribution < -0.4 is 10.4 Å². The first-order valence-electron chi connectivity index (χ1n) is 9.98. The number of carbonyl (C=O) groups excluding carboxylic acids is 1. The van der Waals surface area contributed by atoms with E-state index in [0.717, 1.165) is 22.5 Å². The van der Waals surface area contributed by atoms with Crippen LogP contribution in [0.5, 0.6) is 0 Å². The first-order chi connectivity index (χ1) is 13.2. The highest BCUT2D eigenvalue weighted by Gasteiger charge is 2.49. The number of hydrogen-bond acceptors (Lipinski definition) is 1. The molecule has 0 aliphatic rings. The summed E-state index contributed by atoms with van der Waals surface area (Å²) in [5.74, 6) is 0.258. The first kappa shape index (κ1) is 20.3. The van der Waals surface area contributed by atoms with E-state index in [1.165, 1.54) is 10.4 Å². The number of H-pyrrole nitrogens is 1. The third-order valence-corrected chi connectivity index (χ3v) is 12.3. The molecular weight excluding hydrogens is 358 g/mol. The lowest BCUT2D eigenvalue weighted by Crippen LogP contribution is -2.65. The standard InChI is InChI=1S/C25H31NOSi/c1-18-19(2)26-20(3)24(18)23(27)17-28(25(4,5)6,21-13-9-7-10-14-21)22-15-11-8-12-16-22/h7-16,26H,17H2,1-6H3. The van der Waals surface area contributed by atoms with E-state index in [9.17, 15) is 4.79 Å². The van der Waals surface area contributed by atoms with E-state index in [1.54, 1.807) is 0 Å². The number of aromatic nitrogens is 1. The van der Waals surface area contributed by atoms with Gasteiger partial charge in [0.25, 0.3) is 0 Å². The van der Waals surface area contributed by atoms with Gasteiger partial charge in [0.1, 0.15) is 8.07 Å². The van der Waals surface area contributed by atoms with Gasteiger partial charge in [-0.3, -0.25) is 4.79 Å². The molecule has 146 valence electrons. The molecule has 0 saturated carbocycles. The summed E-state index contributed by atoms with van der Waals surface area (Å²) in [4.78, 5) is 17.1. The second-order valence-corrected chi connectivity index (χ2v) is 13.7. The Kier molecular flexibility index (Phi) is 5.49. The Hall–Kier alpha value is -2.39.